The second-order valence-corrected chi connectivity index (χ2v) is 8.56. The number of phenols is 1. The van der Waals surface area contributed by atoms with Crippen LogP contribution in [0.1, 0.15) is 37.8 Å². The number of amides is 1. The molecule has 178 valence electrons. The van der Waals surface area contributed by atoms with E-state index in [9.17, 15) is 24.6 Å². The van der Waals surface area contributed by atoms with Crippen molar-refractivity contribution in [2.75, 3.05) is 13.7 Å². The van der Waals surface area contributed by atoms with Gasteiger partial charge in [0.15, 0.2) is 0 Å². The van der Waals surface area contributed by atoms with Gasteiger partial charge in [-0.3, -0.25) is 9.59 Å². The summed E-state index contributed by atoms with van der Waals surface area (Å²) in [6, 6.07) is 14.1. The van der Waals surface area contributed by atoms with Gasteiger partial charge in [-0.2, -0.15) is 0 Å². The fraction of sp³-hybridized carbons (Fsp3) is 0.400. The molecule has 0 bridgehead atoms. The highest BCUT2D eigenvalue weighted by Gasteiger charge is 2.28. The molecule has 0 aromatic heterocycles. The number of aliphatic carboxylic acids is 1. The number of carbonyl (C=O) groups excluding carboxylic acids is 2. The third-order valence-corrected chi connectivity index (χ3v) is 5.57. The van der Waals surface area contributed by atoms with Gasteiger partial charge in [0.25, 0.3) is 0 Å². The number of carboxylic acid groups (broad SMARTS) is 1. The summed E-state index contributed by atoms with van der Waals surface area (Å²) in [5, 5.41) is 24.4. The molecule has 0 aliphatic rings. The van der Waals surface area contributed by atoms with Crippen molar-refractivity contribution in [1.82, 2.24) is 10.6 Å². The van der Waals surface area contributed by atoms with Crippen LogP contribution in [0, 0.1) is 0 Å². The third-order valence-electron chi connectivity index (χ3n) is 5.57. The van der Waals surface area contributed by atoms with Crippen molar-refractivity contribution in [3.8, 4) is 5.75 Å². The van der Waals surface area contributed by atoms with Crippen LogP contribution in [0.2, 0.25) is 0 Å². The van der Waals surface area contributed by atoms with Gasteiger partial charge in [-0.25, -0.2) is 4.79 Å². The van der Waals surface area contributed by atoms with Crippen molar-refractivity contribution in [3.05, 3.63) is 65.7 Å². The van der Waals surface area contributed by atoms with Crippen LogP contribution in [0.25, 0.3) is 0 Å². The first-order valence-electron chi connectivity index (χ1n) is 10.8. The summed E-state index contributed by atoms with van der Waals surface area (Å²) in [4.78, 5) is 36.5. The third kappa shape index (κ3) is 8.23. The molecule has 0 aliphatic carbocycles. The van der Waals surface area contributed by atoms with Crippen molar-refractivity contribution < 1.29 is 29.3 Å². The van der Waals surface area contributed by atoms with Crippen LogP contribution in [0.4, 0.5) is 0 Å². The molecule has 0 radical (unpaired) electrons. The maximum atomic E-state index is 12.9. The number of aromatic hydroxyl groups is 1. The fourth-order valence-electron chi connectivity index (χ4n) is 3.51. The number of carboxylic acids is 1. The Morgan fingerprint density at radius 2 is 1.64 bits per heavy atom. The number of rotatable bonds is 12. The van der Waals surface area contributed by atoms with Gasteiger partial charge in [0.05, 0.1) is 19.6 Å². The summed E-state index contributed by atoms with van der Waals surface area (Å²) in [6.07, 6.45) is 0.420. The van der Waals surface area contributed by atoms with Crippen molar-refractivity contribution >= 4 is 17.8 Å². The molecule has 8 nitrogen and oxygen atoms in total. The molecule has 0 aliphatic heterocycles. The number of esters is 1. The Morgan fingerprint density at radius 1 is 1.00 bits per heavy atom. The normalized spacial score (nSPS) is 13.1. The molecule has 2 aromatic carbocycles. The van der Waals surface area contributed by atoms with Gasteiger partial charge >= 0.3 is 11.9 Å². The molecular formula is C25H32N2O6. The molecule has 1 amide bonds. The monoisotopic (exact) mass is 456 g/mol. The van der Waals surface area contributed by atoms with E-state index in [4.69, 9.17) is 4.74 Å². The SMILES string of the molecule is COC(=O)[C@H](Cc1ccccc1)NC(=O)[C@@H](CC(=O)O)NCCC(C)(C)c1ccc(O)cc1. The van der Waals surface area contributed by atoms with Gasteiger partial charge in [0.2, 0.25) is 5.91 Å². The zero-order chi connectivity index (χ0) is 24.4. The van der Waals surface area contributed by atoms with Gasteiger partial charge in [0.1, 0.15) is 11.8 Å². The van der Waals surface area contributed by atoms with Crippen molar-refractivity contribution in [2.45, 2.75) is 50.6 Å². The summed E-state index contributed by atoms with van der Waals surface area (Å²) in [6.45, 7) is 4.43. The minimum atomic E-state index is -1.13. The lowest BCUT2D eigenvalue weighted by atomic mass is 9.81. The Balaban J connectivity index is 2.04. The molecule has 0 unspecified atom stereocenters. The predicted molar refractivity (Wildman–Crippen MR) is 124 cm³/mol. The van der Waals surface area contributed by atoms with E-state index in [0.717, 1.165) is 11.1 Å². The van der Waals surface area contributed by atoms with Crippen LogP contribution in [-0.2, 0) is 31.0 Å². The number of hydrogen-bond donors (Lipinski definition) is 4. The van der Waals surface area contributed by atoms with Crippen molar-refractivity contribution in [2.24, 2.45) is 0 Å². The van der Waals surface area contributed by atoms with Crippen molar-refractivity contribution in [1.29, 1.82) is 0 Å². The Bertz CT molecular complexity index is 928. The molecule has 0 saturated carbocycles. The molecular weight excluding hydrogens is 424 g/mol. The van der Waals surface area contributed by atoms with Crippen LogP contribution < -0.4 is 10.6 Å². The summed E-state index contributed by atoms with van der Waals surface area (Å²) >= 11 is 0. The minimum Gasteiger partial charge on any atom is -0.508 e. The maximum Gasteiger partial charge on any atom is 0.328 e. The Kier molecular flexibility index (Phi) is 9.42. The summed E-state index contributed by atoms with van der Waals surface area (Å²) in [5.74, 6) is -2.12. The number of nitrogens with one attached hydrogen (secondary N) is 2. The van der Waals surface area contributed by atoms with E-state index in [2.05, 4.69) is 10.6 Å². The molecule has 4 N–H and O–H groups in total. The van der Waals surface area contributed by atoms with E-state index in [1.165, 1.54) is 7.11 Å². The first-order valence-corrected chi connectivity index (χ1v) is 10.8. The lowest BCUT2D eigenvalue weighted by Crippen LogP contribution is -2.52. The van der Waals surface area contributed by atoms with Gasteiger partial charge < -0.3 is 25.6 Å². The second-order valence-electron chi connectivity index (χ2n) is 8.56. The Hall–Kier alpha value is -3.39. The second kappa shape index (κ2) is 12.0. The van der Waals surface area contributed by atoms with Crippen molar-refractivity contribution in [3.63, 3.8) is 0 Å². The molecule has 0 fully saturated rings. The largest absolute Gasteiger partial charge is 0.508 e. The van der Waals surface area contributed by atoms with E-state index < -0.39 is 36.4 Å². The van der Waals surface area contributed by atoms with Crippen LogP contribution in [0.5, 0.6) is 5.75 Å². The fourth-order valence-corrected chi connectivity index (χ4v) is 3.51. The predicted octanol–water partition coefficient (Wildman–Crippen LogP) is 2.39. The molecule has 2 rings (SSSR count). The molecule has 2 aromatic rings. The molecule has 8 heteroatoms. The van der Waals surface area contributed by atoms with E-state index in [1.807, 2.05) is 56.3 Å². The first-order chi connectivity index (χ1) is 15.6. The number of methoxy groups -OCH3 is 1. The molecule has 2 atom stereocenters. The zero-order valence-electron chi connectivity index (χ0n) is 19.2. The van der Waals surface area contributed by atoms with Gasteiger partial charge in [-0.05, 0) is 41.6 Å². The molecule has 0 saturated heterocycles. The maximum absolute atomic E-state index is 12.9. The lowest BCUT2D eigenvalue weighted by molar-refractivity contribution is -0.145. The highest BCUT2D eigenvalue weighted by Crippen LogP contribution is 2.27. The van der Waals surface area contributed by atoms with Gasteiger partial charge in [-0.1, -0.05) is 56.3 Å². The van der Waals surface area contributed by atoms with E-state index in [0.29, 0.717) is 13.0 Å². The molecule has 0 heterocycles. The highest BCUT2D eigenvalue weighted by molar-refractivity contribution is 5.90. The molecule has 0 spiro atoms. The zero-order valence-corrected chi connectivity index (χ0v) is 19.2. The standard InChI is InChI=1S/C25H32N2O6/c1-25(2,18-9-11-19(28)12-10-18)13-14-26-20(16-22(29)30)23(31)27-21(24(32)33-3)15-17-7-5-4-6-8-17/h4-12,20-21,26,28H,13-16H2,1-3H3,(H,27,31)(H,29,30)/t20-,21+/m1/s1. The van der Waals surface area contributed by atoms with E-state index >= 15 is 0 Å². The van der Waals surface area contributed by atoms with E-state index in [-0.39, 0.29) is 17.6 Å². The first kappa shape index (κ1) is 25.9. The molecule has 33 heavy (non-hydrogen) atoms. The lowest BCUT2D eigenvalue weighted by Gasteiger charge is -2.27. The number of benzene rings is 2. The van der Waals surface area contributed by atoms with Crippen LogP contribution in [0.15, 0.2) is 54.6 Å². The summed E-state index contributed by atoms with van der Waals surface area (Å²) in [7, 11) is 1.24. The minimum absolute atomic E-state index is 0.182. The highest BCUT2D eigenvalue weighted by atomic mass is 16.5. The van der Waals surface area contributed by atoms with E-state index in [1.54, 1.807) is 12.1 Å². The Morgan fingerprint density at radius 3 is 2.21 bits per heavy atom. The number of ether oxygens (including phenoxy) is 1. The topological polar surface area (TPSA) is 125 Å². The average Bonchev–Trinajstić information content (AvgIpc) is 2.78. The average molecular weight is 457 g/mol. The quantitative estimate of drug-likeness (QED) is 0.362. The number of phenolic OH excluding ortho intramolecular Hbond substituents is 1. The van der Waals surface area contributed by atoms with Crippen LogP contribution in [0.3, 0.4) is 0 Å². The number of carbonyl (C=O) groups is 3. The summed E-state index contributed by atoms with van der Waals surface area (Å²) < 4.78 is 4.82. The van der Waals surface area contributed by atoms with Gasteiger partial charge in [-0.15, -0.1) is 0 Å². The van der Waals surface area contributed by atoms with Gasteiger partial charge in [0, 0.05) is 6.42 Å². The smallest absolute Gasteiger partial charge is 0.328 e. The van der Waals surface area contributed by atoms with Crippen LogP contribution in [-0.4, -0.2) is 53.8 Å². The summed E-state index contributed by atoms with van der Waals surface area (Å²) in [5.41, 5.74) is 1.58. The Labute approximate surface area is 194 Å². The number of hydrogen-bond acceptors (Lipinski definition) is 6. The van der Waals surface area contributed by atoms with Crippen LogP contribution >= 0.6 is 0 Å².